The summed E-state index contributed by atoms with van der Waals surface area (Å²) in [6.45, 7) is 7.05. The second-order valence-electron chi connectivity index (χ2n) is 2.97. The van der Waals surface area contributed by atoms with Crippen LogP contribution in [-0.4, -0.2) is 12.2 Å². The minimum Gasteiger partial charge on any atom is -0.373 e. The van der Waals surface area contributed by atoms with Crippen molar-refractivity contribution < 1.29 is 4.74 Å². The van der Waals surface area contributed by atoms with Crippen LogP contribution >= 0.6 is 0 Å². The van der Waals surface area contributed by atoms with E-state index in [0.717, 1.165) is 13.0 Å². The summed E-state index contributed by atoms with van der Waals surface area (Å²) in [7, 11) is 0. The molecule has 0 bridgehead atoms. The molecule has 1 rings (SSSR count). The van der Waals surface area contributed by atoms with Gasteiger partial charge in [0.15, 0.2) is 0 Å². The lowest BCUT2D eigenvalue weighted by Gasteiger charge is -2.27. The minimum absolute atomic E-state index is 0.0191. The first-order valence-electron chi connectivity index (χ1n) is 3.81. The molecule has 0 N–H and O–H groups in total. The van der Waals surface area contributed by atoms with Gasteiger partial charge in [-0.25, -0.2) is 0 Å². The highest BCUT2D eigenvalue weighted by molar-refractivity contribution is 5.18. The topological polar surface area (TPSA) is 9.23 Å². The second-order valence-corrected chi connectivity index (χ2v) is 2.97. The Balaban J connectivity index is 2.54. The third kappa shape index (κ3) is 1.17. The van der Waals surface area contributed by atoms with Crippen molar-refractivity contribution in [3.05, 3.63) is 0 Å². The van der Waals surface area contributed by atoms with Gasteiger partial charge >= 0.3 is 0 Å². The normalized spacial score (nSPS) is 37.3. The zero-order chi connectivity index (χ0) is 7.61. The predicted molar refractivity (Wildman–Crippen MR) is 41.6 cm³/mol. The Morgan fingerprint density at radius 3 is 2.80 bits per heavy atom. The van der Waals surface area contributed by atoms with Crippen molar-refractivity contribution in [3.63, 3.8) is 0 Å². The SMILES string of the molecule is CCOC1(C)CC#CC1C. The Labute approximate surface area is 62.8 Å². The van der Waals surface area contributed by atoms with Gasteiger partial charge < -0.3 is 4.74 Å². The van der Waals surface area contributed by atoms with E-state index in [9.17, 15) is 0 Å². The standard InChI is InChI=1S/C9H14O/c1-4-10-9(3)7-5-6-8(9)2/h8H,4,7H2,1-3H3. The maximum absolute atomic E-state index is 5.58. The summed E-state index contributed by atoms with van der Waals surface area (Å²) in [5.41, 5.74) is -0.0191. The van der Waals surface area contributed by atoms with Gasteiger partial charge in [-0.15, -0.1) is 0 Å². The van der Waals surface area contributed by atoms with Gasteiger partial charge in [0.25, 0.3) is 0 Å². The molecule has 1 aliphatic carbocycles. The smallest absolute Gasteiger partial charge is 0.0896 e. The summed E-state index contributed by atoms with van der Waals surface area (Å²) < 4.78 is 5.58. The van der Waals surface area contributed by atoms with E-state index in [1.54, 1.807) is 0 Å². The van der Waals surface area contributed by atoms with Crippen LogP contribution in [-0.2, 0) is 4.74 Å². The van der Waals surface area contributed by atoms with Crippen molar-refractivity contribution in [2.24, 2.45) is 5.92 Å². The summed E-state index contributed by atoms with van der Waals surface area (Å²) in [6, 6.07) is 0. The summed E-state index contributed by atoms with van der Waals surface area (Å²) in [5.74, 6) is 6.59. The molecule has 0 radical (unpaired) electrons. The molecule has 0 saturated heterocycles. The van der Waals surface area contributed by atoms with Crippen LogP contribution in [0.25, 0.3) is 0 Å². The van der Waals surface area contributed by atoms with Crippen LogP contribution in [0.1, 0.15) is 27.2 Å². The monoisotopic (exact) mass is 138 g/mol. The highest BCUT2D eigenvalue weighted by Gasteiger charge is 2.32. The fourth-order valence-electron chi connectivity index (χ4n) is 1.19. The van der Waals surface area contributed by atoms with Crippen molar-refractivity contribution >= 4 is 0 Å². The number of hydrogen-bond acceptors (Lipinski definition) is 1. The number of hydrogen-bond donors (Lipinski definition) is 0. The molecule has 0 saturated carbocycles. The van der Waals surface area contributed by atoms with E-state index in [1.807, 2.05) is 6.92 Å². The fraction of sp³-hybridized carbons (Fsp3) is 0.778. The minimum atomic E-state index is -0.0191. The average Bonchev–Trinajstić information content (AvgIpc) is 2.15. The largest absolute Gasteiger partial charge is 0.373 e. The molecule has 56 valence electrons. The van der Waals surface area contributed by atoms with Gasteiger partial charge in [0.2, 0.25) is 0 Å². The van der Waals surface area contributed by atoms with Crippen molar-refractivity contribution in [1.29, 1.82) is 0 Å². The van der Waals surface area contributed by atoms with E-state index in [4.69, 9.17) is 4.74 Å². The molecule has 1 aliphatic rings. The van der Waals surface area contributed by atoms with E-state index in [1.165, 1.54) is 0 Å². The molecule has 0 aromatic heterocycles. The van der Waals surface area contributed by atoms with Crippen LogP contribution in [0.3, 0.4) is 0 Å². The van der Waals surface area contributed by atoms with Gasteiger partial charge in [-0.05, 0) is 20.8 Å². The Kier molecular flexibility index (Phi) is 2.01. The molecule has 0 aliphatic heterocycles. The number of ether oxygens (including phenoxy) is 1. The molecule has 0 aromatic rings. The highest BCUT2D eigenvalue weighted by Crippen LogP contribution is 2.28. The average molecular weight is 138 g/mol. The van der Waals surface area contributed by atoms with Crippen molar-refractivity contribution in [2.45, 2.75) is 32.8 Å². The van der Waals surface area contributed by atoms with E-state index in [0.29, 0.717) is 5.92 Å². The van der Waals surface area contributed by atoms with Gasteiger partial charge in [-0.3, -0.25) is 0 Å². The molecule has 0 fully saturated rings. The van der Waals surface area contributed by atoms with Crippen molar-refractivity contribution in [3.8, 4) is 11.8 Å². The number of rotatable bonds is 2. The van der Waals surface area contributed by atoms with E-state index in [2.05, 4.69) is 25.7 Å². The van der Waals surface area contributed by atoms with Gasteiger partial charge in [-0.1, -0.05) is 11.8 Å². The maximum atomic E-state index is 5.58. The summed E-state index contributed by atoms with van der Waals surface area (Å²) in [5, 5.41) is 0. The second kappa shape index (κ2) is 2.64. The first-order chi connectivity index (χ1) is 4.69. The van der Waals surface area contributed by atoms with Crippen molar-refractivity contribution in [2.75, 3.05) is 6.61 Å². The first kappa shape index (κ1) is 7.63. The van der Waals surface area contributed by atoms with Crippen LogP contribution in [0.5, 0.6) is 0 Å². The van der Waals surface area contributed by atoms with Crippen LogP contribution in [0.2, 0.25) is 0 Å². The zero-order valence-corrected chi connectivity index (χ0v) is 6.90. The van der Waals surface area contributed by atoms with Crippen LogP contribution in [0, 0.1) is 17.8 Å². The van der Waals surface area contributed by atoms with Crippen LogP contribution < -0.4 is 0 Å². The molecule has 0 amide bonds. The molecule has 1 nitrogen and oxygen atoms in total. The van der Waals surface area contributed by atoms with Gasteiger partial charge in [0.05, 0.1) is 5.60 Å². The molecule has 2 atom stereocenters. The summed E-state index contributed by atoms with van der Waals surface area (Å²) in [4.78, 5) is 0. The van der Waals surface area contributed by atoms with Gasteiger partial charge in [-0.2, -0.15) is 0 Å². The lowest BCUT2D eigenvalue weighted by atomic mass is 9.93. The van der Waals surface area contributed by atoms with Crippen LogP contribution in [0.4, 0.5) is 0 Å². The maximum Gasteiger partial charge on any atom is 0.0896 e. The predicted octanol–water partition coefficient (Wildman–Crippen LogP) is 1.82. The van der Waals surface area contributed by atoms with Gasteiger partial charge in [0, 0.05) is 18.9 Å². The molecule has 0 heterocycles. The molecular weight excluding hydrogens is 124 g/mol. The van der Waals surface area contributed by atoms with Crippen LogP contribution in [0.15, 0.2) is 0 Å². The lowest BCUT2D eigenvalue weighted by molar-refractivity contribution is -0.0397. The van der Waals surface area contributed by atoms with Gasteiger partial charge in [0.1, 0.15) is 0 Å². The summed E-state index contributed by atoms with van der Waals surface area (Å²) >= 11 is 0. The molecule has 0 aromatic carbocycles. The van der Waals surface area contributed by atoms with E-state index >= 15 is 0 Å². The van der Waals surface area contributed by atoms with Crippen molar-refractivity contribution in [1.82, 2.24) is 0 Å². The third-order valence-corrected chi connectivity index (χ3v) is 2.15. The fourth-order valence-corrected chi connectivity index (χ4v) is 1.19. The Morgan fingerprint density at radius 2 is 2.40 bits per heavy atom. The Morgan fingerprint density at radius 1 is 1.70 bits per heavy atom. The molecular formula is C9H14O. The van der Waals surface area contributed by atoms with E-state index < -0.39 is 0 Å². The Bertz CT molecular complexity index is 175. The third-order valence-electron chi connectivity index (χ3n) is 2.15. The zero-order valence-electron chi connectivity index (χ0n) is 6.90. The molecule has 1 heteroatoms. The molecule has 0 spiro atoms. The Hall–Kier alpha value is -0.480. The van der Waals surface area contributed by atoms with E-state index in [-0.39, 0.29) is 5.60 Å². The summed E-state index contributed by atoms with van der Waals surface area (Å²) in [6.07, 6.45) is 0.891. The molecule has 2 unspecified atom stereocenters. The lowest BCUT2D eigenvalue weighted by Crippen LogP contribution is -2.32. The molecule has 10 heavy (non-hydrogen) atoms. The highest BCUT2D eigenvalue weighted by atomic mass is 16.5. The quantitative estimate of drug-likeness (QED) is 0.529. The first-order valence-corrected chi connectivity index (χ1v) is 3.81.